The summed E-state index contributed by atoms with van der Waals surface area (Å²) in [6, 6.07) is 13.3. The summed E-state index contributed by atoms with van der Waals surface area (Å²) in [4.78, 5) is 45.2. The molecule has 0 aliphatic carbocycles. The minimum Gasteiger partial charge on any atom is -0.349 e. The number of carbonyl (C=O) groups is 3. The summed E-state index contributed by atoms with van der Waals surface area (Å²) in [5, 5.41) is 3.04. The summed E-state index contributed by atoms with van der Waals surface area (Å²) in [7, 11) is 0. The van der Waals surface area contributed by atoms with E-state index in [2.05, 4.69) is 10.3 Å². The van der Waals surface area contributed by atoms with Gasteiger partial charge in [-0.05, 0) is 30.5 Å². The summed E-state index contributed by atoms with van der Waals surface area (Å²) < 4.78 is 0. The van der Waals surface area contributed by atoms with Crippen molar-refractivity contribution in [2.75, 3.05) is 19.6 Å². The Kier molecular flexibility index (Phi) is 6.07. The number of rotatable bonds is 5. The normalized spacial score (nSPS) is 19.7. The number of aromatic nitrogens is 1. The van der Waals surface area contributed by atoms with E-state index in [0.29, 0.717) is 31.7 Å². The molecule has 0 spiro atoms. The lowest BCUT2D eigenvalue weighted by Gasteiger charge is -2.33. The first-order chi connectivity index (χ1) is 14.6. The molecule has 0 saturated carbocycles. The molecule has 1 unspecified atom stereocenters. The third-order valence-corrected chi connectivity index (χ3v) is 5.86. The van der Waals surface area contributed by atoms with Crippen LogP contribution in [0.15, 0.2) is 54.9 Å². The highest BCUT2D eigenvalue weighted by molar-refractivity contribution is 5.94. The van der Waals surface area contributed by atoms with Gasteiger partial charge in [0.05, 0.1) is 5.92 Å². The monoisotopic (exact) mass is 406 g/mol. The quantitative estimate of drug-likeness (QED) is 0.822. The number of nitrogens with one attached hydrogen (secondary N) is 1. The van der Waals surface area contributed by atoms with E-state index >= 15 is 0 Å². The van der Waals surface area contributed by atoms with E-state index in [0.717, 1.165) is 18.4 Å². The molecule has 1 aromatic carbocycles. The molecule has 2 saturated heterocycles. The molecule has 3 heterocycles. The summed E-state index contributed by atoms with van der Waals surface area (Å²) >= 11 is 0. The zero-order valence-electron chi connectivity index (χ0n) is 16.9. The first-order valence-corrected chi connectivity index (χ1v) is 10.4. The minimum atomic E-state index is -0.274. The van der Waals surface area contributed by atoms with Crippen molar-refractivity contribution in [2.45, 2.75) is 31.8 Å². The van der Waals surface area contributed by atoms with Gasteiger partial charge in [-0.2, -0.15) is 0 Å². The second kappa shape index (κ2) is 9.07. The van der Waals surface area contributed by atoms with Gasteiger partial charge in [0.1, 0.15) is 0 Å². The first-order valence-electron chi connectivity index (χ1n) is 10.4. The number of benzene rings is 1. The van der Waals surface area contributed by atoms with Gasteiger partial charge in [0.15, 0.2) is 0 Å². The zero-order valence-corrected chi connectivity index (χ0v) is 16.9. The molecule has 1 atom stereocenters. The number of pyridine rings is 1. The fourth-order valence-corrected chi connectivity index (χ4v) is 4.17. The molecule has 1 N–H and O–H groups in total. The lowest BCUT2D eigenvalue weighted by molar-refractivity contribution is -0.136. The largest absolute Gasteiger partial charge is 0.349 e. The SMILES string of the molecule is O=C(NC1CCN(C(=O)C2CC(=O)N(Cc3ccccc3)C2)CC1)c1ccncc1. The molecule has 2 aliphatic heterocycles. The molecular weight excluding hydrogens is 380 g/mol. The third-order valence-electron chi connectivity index (χ3n) is 5.86. The lowest BCUT2D eigenvalue weighted by Crippen LogP contribution is -2.48. The second-order valence-electron chi connectivity index (χ2n) is 7.97. The van der Waals surface area contributed by atoms with E-state index in [9.17, 15) is 14.4 Å². The molecule has 7 nitrogen and oxygen atoms in total. The maximum atomic E-state index is 12.9. The van der Waals surface area contributed by atoms with Crippen LogP contribution in [0.2, 0.25) is 0 Å². The molecule has 0 radical (unpaired) electrons. The Bertz CT molecular complexity index is 895. The van der Waals surface area contributed by atoms with E-state index < -0.39 is 0 Å². The minimum absolute atomic E-state index is 0.0386. The highest BCUT2D eigenvalue weighted by Gasteiger charge is 2.37. The van der Waals surface area contributed by atoms with E-state index in [1.165, 1.54) is 0 Å². The molecule has 0 bridgehead atoms. The average molecular weight is 406 g/mol. The Balaban J connectivity index is 1.26. The predicted molar refractivity (Wildman–Crippen MR) is 111 cm³/mol. The van der Waals surface area contributed by atoms with Crippen molar-refractivity contribution in [2.24, 2.45) is 5.92 Å². The van der Waals surface area contributed by atoms with Crippen molar-refractivity contribution in [3.63, 3.8) is 0 Å². The zero-order chi connectivity index (χ0) is 20.9. The van der Waals surface area contributed by atoms with E-state index in [1.54, 1.807) is 29.4 Å². The smallest absolute Gasteiger partial charge is 0.251 e. The van der Waals surface area contributed by atoms with Gasteiger partial charge in [-0.3, -0.25) is 19.4 Å². The molecule has 156 valence electrons. The Hall–Kier alpha value is -3.22. The maximum absolute atomic E-state index is 12.9. The molecule has 2 aliphatic rings. The summed E-state index contributed by atoms with van der Waals surface area (Å²) in [5.41, 5.74) is 1.66. The van der Waals surface area contributed by atoms with Crippen molar-refractivity contribution in [3.05, 3.63) is 66.0 Å². The number of piperidine rings is 1. The summed E-state index contributed by atoms with van der Waals surface area (Å²) in [6.45, 7) is 2.23. The standard InChI is InChI=1S/C23H26N4O3/c28-21-14-19(16-27(21)15-17-4-2-1-3-5-17)23(30)26-12-8-20(9-13-26)25-22(29)18-6-10-24-11-7-18/h1-7,10-11,19-20H,8-9,12-16H2,(H,25,29). The Morgan fingerprint density at radius 3 is 2.43 bits per heavy atom. The van der Waals surface area contributed by atoms with Gasteiger partial charge in [-0.25, -0.2) is 0 Å². The van der Waals surface area contributed by atoms with Crippen LogP contribution >= 0.6 is 0 Å². The van der Waals surface area contributed by atoms with Gasteiger partial charge < -0.3 is 15.1 Å². The van der Waals surface area contributed by atoms with Gasteiger partial charge in [0, 0.05) is 56.6 Å². The number of nitrogens with zero attached hydrogens (tertiary/aromatic N) is 3. The first kappa shape index (κ1) is 20.1. The maximum Gasteiger partial charge on any atom is 0.251 e. The highest BCUT2D eigenvalue weighted by atomic mass is 16.2. The van der Waals surface area contributed by atoms with Gasteiger partial charge in [-0.15, -0.1) is 0 Å². The summed E-state index contributed by atoms with van der Waals surface area (Å²) in [5.74, 6) is -0.293. The van der Waals surface area contributed by atoms with Crippen LogP contribution in [0.3, 0.4) is 0 Å². The van der Waals surface area contributed by atoms with E-state index in [4.69, 9.17) is 0 Å². The lowest BCUT2D eigenvalue weighted by atomic mass is 10.0. The van der Waals surface area contributed by atoms with Crippen molar-refractivity contribution in [1.29, 1.82) is 0 Å². The average Bonchev–Trinajstić information content (AvgIpc) is 3.15. The van der Waals surface area contributed by atoms with Crippen LogP contribution in [-0.2, 0) is 16.1 Å². The number of carbonyl (C=O) groups excluding carboxylic acids is 3. The van der Waals surface area contributed by atoms with Crippen LogP contribution in [0.5, 0.6) is 0 Å². The molecule has 2 aromatic rings. The molecule has 3 amide bonds. The van der Waals surface area contributed by atoms with Gasteiger partial charge >= 0.3 is 0 Å². The molecule has 1 aromatic heterocycles. The van der Waals surface area contributed by atoms with Crippen LogP contribution in [0.4, 0.5) is 0 Å². The van der Waals surface area contributed by atoms with Gasteiger partial charge in [0.2, 0.25) is 11.8 Å². The topological polar surface area (TPSA) is 82.6 Å². The number of amides is 3. The Morgan fingerprint density at radius 2 is 1.73 bits per heavy atom. The van der Waals surface area contributed by atoms with Crippen LogP contribution in [-0.4, -0.2) is 58.2 Å². The van der Waals surface area contributed by atoms with Crippen molar-refractivity contribution >= 4 is 17.7 Å². The number of hydrogen-bond acceptors (Lipinski definition) is 4. The van der Waals surface area contributed by atoms with Crippen molar-refractivity contribution in [1.82, 2.24) is 20.1 Å². The van der Waals surface area contributed by atoms with E-state index in [-0.39, 0.29) is 36.1 Å². The van der Waals surface area contributed by atoms with Crippen LogP contribution in [0.1, 0.15) is 35.2 Å². The Labute approximate surface area is 176 Å². The molecule has 30 heavy (non-hydrogen) atoms. The fraction of sp³-hybridized carbons (Fsp3) is 0.391. The van der Waals surface area contributed by atoms with Crippen LogP contribution < -0.4 is 5.32 Å². The van der Waals surface area contributed by atoms with Crippen molar-refractivity contribution < 1.29 is 14.4 Å². The Morgan fingerprint density at radius 1 is 1.03 bits per heavy atom. The summed E-state index contributed by atoms with van der Waals surface area (Å²) in [6.07, 6.45) is 4.92. The molecule has 4 rings (SSSR count). The fourth-order valence-electron chi connectivity index (χ4n) is 4.17. The van der Waals surface area contributed by atoms with Gasteiger partial charge in [-0.1, -0.05) is 30.3 Å². The third kappa shape index (κ3) is 4.67. The molecule has 7 heteroatoms. The number of hydrogen-bond donors (Lipinski definition) is 1. The predicted octanol–water partition coefficient (Wildman–Crippen LogP) is 1.85. The molecular formula is C23H26N4O3. The highest BCUT2D eigenvalue weighted by Crippen LogP contribution is 2.24. The van der Waals surface area contributed by atoms with E-state index in [1.807, 2.05) is 35.2 Å². The van der Waals surface area contributed by atoms with Gasteiger partial charge in [0.25, 0.3) is 5.91 Å². The number of likely N-dealkylation sites (tertiary alicyclic amines) is 2. The van der Waals surface area contributed by atoms with Crippen LogP contribution in [0.25, 0.3) is 0 Å². The second-order valence-corrected chi connectivity index (χ2v) is 7.97. The van der Waals surface area contributed by atoms with Crippen molar-refractivity contribution in [3.8, 4) is 0 Å². The van der Waals surface area contributed by atoms with Crippen LogP contribution in [0, 0.1) is 5.92 Å². The molecule has 2 fully saturated rings.